The number of non-ortho nitro benzene ring substituents is 1. The number of benzene rings is 1. The van der Waals surface area contributed by atoms with Gasteiger partial charge in [-0.2, -0.15) is 0 Å². The van der Waals surface area contributed by atoms with Crippen LogP contribution >= 0.6 is 0 Å². The molecule has 1 N–H and O–H groups in total. The minimum atomic E-state index is -1.17. The van der Waals surface area contributed by atoms with Crippen LogP contribution in [0.1, 0.15) is 31.1 Å². The third kappa shape index (κ3) is 3.19. The minimum absolute atomic E-state index is 0.0258. The van der Waals surface area contributed by atoms with E-state index in [0.717, 1.165) is 12.1 Å². The van der Waals surface area contributed by atoms with Crippen molar-refractivity contribution in [2.75, 3.05) is 0 Å². The first-order chi connectivity index (χ1) is 8.32. The molecule has 1 rings (SSSR count). The monoisotopic (exact) mass is 253 g/mol. The highest BCUT2D eigenvalue weighted by Gasteiger charge is 2.19. The molecule has 0 aliphatic carbocycles. The molecular formula is C12H15NO5. The number of carbonyl (C=O) groups is 1. The number of hydrogen-bond donors (Lipinski definition) is 1. The maximum absolute atomic E-state index is 11.0. The Morgan fingerprint density at radius 2 is 2.00 bits per heavy atom. The van der Waals surface area contributed by atoms with Crippen molar-refractivity contribution in [3.8, 4) is 5.75 Å². The molecule has 1 aromatic carbocycles. The average molecular weight is 253 g/mol. The van der Waals surface area contributed by atoms with Gasteiger partial charge in [-0.3, -0.25) is 10.1 Å². The van der Waals surface area contributed by atoms with E-state index in [4.69, 9.17) is 9.84 Å². The zero-order valence-corrected chi connectivity index (χ0v) is 10.4. The quantitative estimate of drug-likeness (QED) is 0.643. The normalized spacial score (nSPS) is 12.2. The Morgan fingerprint density at radius 3 is 2.44 bits per heavy atom. The van der Waals surface area contributed by atoms with E-state index in [1.165, 1.54) is 6.07 Å². The molecule has 0 aliphatic rings. The average Bonchev–Trinajstić information content (AvgIpc) is 2.28. The maximum atomic E-state index is 11.0. The summed E-state index contributed by atoms with van der Waals surface area (Å²) in [6.07, 6.45) is -0.231. The molecule has 0 amide bonds. The maximum Gasteiger partial charge on any atom is 0.339 e. The van der Waals surface area contributed by atoms with Crippen LogP contribution in [0.5, 0.6) is 5.75 Å². The molecule has 0 aromatic heterocycles. The van der Waals surface area contributed by atoms with Gasteiger partial charge in [0.2, 0.25) is 0 Å². The zero-order valence-electron chi connectivity index (χ0n) is 10.4. The molecule has 0 radical (unpaired) electrons. The van der Waals surface area contributed by atoms with Crippen LogP contribution in [0.25, 0.3) is 0 Å². The highest BCUT2D eigenvalue weighted by atomic mass is 16.6. The summed E-state index contributed by atoms with van der Waals surface area (Å²) in [4.78, 5) is 21.1. The van der Waals surface area contributed by atoms with Crippen molar-refractivity contribution in [1.82, 2.24) is 0 Å². The van der Waals surface area contributed by atoms with Gasteiger partial charge in [-0.15, -0.1) is 0 Å². The van der Waals surface area contributed by atoms with Crippen LogP contribution in [0.15, 0.2) is 18.2 Å². The van der Waals surface area contributed by atoms with Gasteiger partial charge in [0.15, 0.2) is 0 Å². The van der Waals surface area contributed by atoms with Crippen LogP contribution in [0, 0.1) is 16.0 Å². The predicted molar refractivity (Wildman–Crippen MR) is 65.0 cm³/mol. The lowest BCUT2D eigenvalue weighted by molar-refractivity contribution is -0.385. The van der Waals surface area contributed by atoms with Gasteiger partial charge in [-0.25, -0.2) is 4.79 Å². The summed E-state index contributed by atoms with van der Waals surface area (Å²) in [6.45, 7) is 5.63. The Kier molecular flexibility index (Phi) is 4.25. The number of nitro benzene ring substituents is 1. The van der Waals surface area contributed by atoms with E-state index >= 15 is 0 Å². The Hall–Kier alpha value is -2.11. The fourth-order valence-electron chi connectivity index (χ4n) is 1.24. The molecule has 0 heterocycles. The Balaban J connectivity index is 3.15. The number of ether oxygens (including phenoxy) is 1. The summed E-state index contributed by atoms with van der Waals surface area (Å²) in [5.41, 5.74) is -0.265. The number of hydrogen-bond acceptors (Lipinski definition) is 4. The number of nitrogens with zero attached hydrogens (tertiary/aromatic N) is 1. The van der Waals surface area contributed by atoms with Crippen molar-refractivity contribution in [2.24, 2.45) is 5.92 Å². The van der Waals surface area contributed by atoms with Gasteiger partial charge >= 0.3 is 5.97 Å². The van der Waals surface area contributed by atoms with E-state index in [1.807, 2.05) is 13.8 Å². The lowest BCUT2D eigenvalue weighted by Crippen LogP contribution is -2.20. The first kappa shape index (κ1) is 14.0. The van der Waals surface area contributed by atoms with E-state index in [2.05, 4.69) is 0 Å². The van der Waals surface area contributed by atoms with Crippen LogP contribution in [0.2, 0.25) is 0 Å². The SMILES string of the molecule is CC(C)C(C)Oc1cc([N+](=O)[O-])ccc1C(=O)O. The fourth-order valence-corrected chi connectivity index (χ4v) is 1.24. The predicted octanol–water partition coefficient (Wildman–Crippen LogP) is 2.72. The van der Waals surface area contributed by atoms with Crippen LogP contribution in [0.3, 0.4) is 0 Å². The summed E-state index contributed by atoms with van der Waals surface area (Å²) in [5, 5.41) is 19.7. The van der Waals surface area contributed by atoms with Crippen molar-refractivity contribution in [3.63, 3.8) is 0 Å². The lowest BCUT2D eigenvalue weighted by atomic mass is 10.1. The number of nitro groups is 1. The van der Waals surface area contributed by atoms with Crippen molar-refractivity contribution in [1.29, 1.82) is 0 Å². The van der Waals surface area contributed by atoms with E-state index in [9.17, 15) is 14.9 Å². The summed E-state index contributed by atoms with van der Waals surface area (Å²) < 4.78 is 5.47. The molecule has 0 saturated carbocycles. The van der Waals surface area contributed by atoms with Crippen LogP contribution in [0.4, 0.5) is 5.69 Å². The highest BCUT2D eigenvalue weighted by molar-refractivity contribution is 5.91. The van der Waals surface area contributed by atoms with Gasteiger partial charge in [0.25, 0.3) is 5.69 Å². The molecule has 18 heavy (non-hydrogen) atoms. The molecule has 1 aromatic rings. The smallest absolute Gasteiger partial charge is 0.339 e. The van der Waals surface area contributed by atoms with Crippen molar-refractivity contribution in [3.05, 3.63) is 33.9 Å². The van der Waals surface area contributed by atoms with E-state index in [1.54, 1.807) is 6.92 Å². The van der Waals surface area contributed by atoms with Crippen molar-refractivity contribution in [2.45, 2.75) is 26.9 Å². The third-order valence-corrected chi connectivity index (χ3v) is 2.66. The minimum Gasteiger partial charge on any atom is -0.489 e. The molecule has 0 aliphatic heterocycles. The molecule has 1 unspecified atom stereocenters. The molecule has 6 nitrogen and oxygen atoms in total. The van der Waals surface area contributed by atoms with E-state index in [-0.39, 0.29) is 29.0 Å². The molecule has 98 valence electrons. The second-order valence-electron chi connectivity index (χ2n) is 4.31. The standard InChI is InChI=1S/C12H15NO5/c1-7(2)8(3)18-11-6-9(13(16)17)4-5-10(11)12(14)15/h4-8H,1-3H3,(H,14,15). The second-order valence-corrected chi connectivity index (χ2v) is 4.31. The van der Waals surface area contributed by atoms with Crippen LogP contribution in [-0.2, 0) is 0 Å². The van der Waals surface area contributed by atoms with Gasteiger partial charge in [0, 0.05) is 6.07 Å². The third-order valence-electron chi connectivity index (χ3n) is 2.66. The number of carboxylic acid groups (broad SMARTS) is 1. The Labute approximate surface area is 104 Å². The molecule has 0 spiro atoms. The molecule has 0 fully saturated rings. The van der Waals surface area contributed by atoms with E-state index < -0.39 is 10.9 Å². The Morgan fingerprint density at radius 1 is 1.39 bits per heavy atom. The molecule has 0 bridgehead atoms. The highest BCUT2D eigenvalue weighted by Crippen LogP contribution is 2.26. The van der Waals surface area contributed by atoms with Crippen molar-refractivity contribution >= 4 is 11.7 Å². The summed E-state index contributed by atoms with van der Waals surface area (Å²) >= 11 is 0. The van der Waals surface area contributed by atoms with Crippen LogP contribution in [-0.4, -0.2) is 22.1 Å². The van der Waals surface area contributed by atoms with Crippen molar-refractivity contribution < 1.29 is 19.6 Å². The zero-order chi connectivity index (χ0) is 13.9. The van der Waals surface area contributed by atoms with Crippen LogP contribution < -0.4 is 4.74 Å². The first-order valence-electron chi connectivity index (χ1n) is 5.51. The van der Waals surface area contributed by atoms with E-state index in [0.29, 0.717) is 0 Å². The molecule has 6 heteroatoms. The summed E-state index contributed by atoms with van der Waals surface area (Å²) in [5.74, 6) is -0.973. The number of aromatic carboxylic acids is 1. The summed E-state index contributed by atoms with van der Waals surface area (Å²) in [7, 11) is 0. The summed E-state index contributed by atoms with van der Waals surface area (Å²) in [6, 6.07) is 3.47. The van der Waals surface area contributed by atoms with Gasteiger partial charge < -0.3 is 9.84 Å². The van der Waals surface area contributed by atoms with Gasteiger partial charge in [0.1, 0.15) is 11.3 Å². The number of carboxylic acids is 1. The molecular weight excluding hydrogens is 238 g/mol. The van der Waals surface area contributed by atoms with Gasteiger partial charge in [-0.1, -0.05) is 13.8 Å². The first-order valence-corrected chi connectivity index (χ1v) is 5.51. The lowest BCUT2D eigenvalue weighted by Gasteiger charge is -2.19. The topological polar surface area (TPSA) is 89.7 Å². The van der Waals surface area contributed by atoms with Gasteiger partial charge in [0.05, 0.1) is 17.1 Å². The fraction of sp³-hybridized carbons (Fsp3) is 0.417. The largest absolute Gasteiger partial charge is 0.489 e. The molecule has 0 saturated heterocycles. The second kappa shape index (κ2) is 5.48. The Bertz CT molecular complexity index is 470. The molecule has 1 atom stereocenters. The number of rotatable bonds is 5. The van der Waals surface area contributed by atoms with Gasteiger partial charge in [-0.05, 0) is 18.9 Å².